The summed E-state index contributed by atoms with van der Waals surface area (Å²) in [6, 6.07) is 6.29. The van der Waals surface area contributed by atoms with Crippen LogP contribution in [-0.4, -0.2) is 32.1 Å². The summed E-state index contributed by atoms with van der Waals surface area (Å²) in [6.07, 6.45) is 0. The molecule has 0 saturated heterocycles. The Morgan fingerprint density at radius 3 is 2.87 bits per heavy atom. The number of ether oxygens (including phenoxy) is 1. The van der Waals surface area contributed by atoms with Crippen LogP contribution in [0, 0.1) is 12.7 Å². The normalized spacial score (nSPS) is 11.3. The molecule has 0 aliphatic rings. The predicted octanol–water partition coefficient (Wildman–Crippen LogP) is 2.96. The third-order valence-corrected chi connectivity index (χ3v) is 4.23. The Morgan fingerprint density at radius 2 is 2.13 bits per heavy atom. The van der Waals surface area contributed by atoms with Gasteiger partial charge in [-0.15, -0.1) is 10.2 Å². The SMILES string of the molecule is COc1ccc(-c2cc(-c3nn4c(C)nnc4s3)no2)cc1F. The molecule has 9 heteroatoms. The number of benzene rings is 1. The van der Waals surface area contributed by atoms with Crippen molar-refractivity contribution in [2.24, 2.45) is 0 Å². The second kappa shape index (κ2) is 5.13. The molecule has 0 N–H and O–H groups in total. The van der Waals surface area contributed by atoms with Crippen LogP contribution in [0.3, 0.4) is 0 Å². The van der Waals surface area contributed by atoms with E-state index in [1.54, 1.807) is 22.7 Å². The van der Waals surface area contributed by atoms with Gasteiger partial charge in [-0.3, -0.25) is 0 Å². The number of halogens is 1. The molecule has 0 radical (unpaired) electrons. The maximum atomic E-state index is 13.8. The molecule has 3 heterocycles. The molecule has 3 aromatic heterocycles. The number of aromatic nitrogens is 5. The van der Waals surface area contributed by atoms with Crippen LogP contribution in [-0.2, 0) is 0 Å². The predicted molar refractivity (Wildman–Crippen MR) is 80.8 cm³/mol. The fraction of sp³-hybridized carbons (Fsp3) is 0.143. The van der Waals surface area contributed by atoms with Crippen molar-refractivity contribution in [3.05, 3.63) is 35.9 Å². The Hall–Kier alpha value is -2.81. The second-order valence-electron chi connectivity index (χ2n) is 4.77. The first-order valence-corrected chi connectivity index (χ1v) is 7.47. The standard InChI is InChI=1S/C14H10FN5O2S/c1-7-16-17-14-20(7)18-13(23-14)10-6-12(22-19-10)8-3-4-11(21-2)9(15)5-8/h3-6H,1-2H3. The molecular weight excluding hydrogens is 321 g/mol. The summed E-state index contributed by atoms with van der Waals surface area (Å²) in [5.41, 5.74) is 1.13. The maximum absolute atomic E-state index is 13.8. The molecule has 0 saturated carbocycles. The topological polar surface area (TPSA) is 78.3 Å². The van der Waals surface area contributed by atoms with Crippen LogP contribution in [0.25, 0.3) is 27.0 Å². The van der Waals surface area contributed by atoms with Gasteiger partial charge in [0.25, 0.3) is 0 Å². The van der Waals surface area contributed by atoms with Crippen LogP contribution in [0.1, 0.15) is 5.82 Å². The lowest BCUT2D eigenvalue weighted by molar-refractivity contribution is 0.386. The Kier molecular flexibility index (Phi) is 3.08. The molecule has 0 aliphatic carbocycles. The third-order valence-electron chi connectivity index (χ3n) is 3.31. The van der Waals surface area contributed by atoms with Crippen LogP contribution >= 0.6 is 11.3 Å². The molecule has 0 bridgehead atoms. The van der Waals surface area contributed by atoms with E-state index in [1.165, 1.54) is 24.5 Å². The first-order chi connectivity index (χ1) is 11.2. The molecule has 0 fully saturated rings. The molecule has 0 spiro atoms. The zero-order chi connectivity index (χ0) is 16.0. The number of methoxy groups -OCH3 is 1. The average molecular weight is 331 g/mol. The van der Waals surface area contributed by atoms with Gasteiger partial charge < -0.3 is 9.26 Å². The number of hydrogen-bond donors (Lipinski definition) is 0. The van der Waals surface area contributed by atoms with Crippen molar-refractivity contribution < 1.29 is 13.7 Å². The summed E-state index contributed by atoms with van der Waals surface area (Å²) in [7, 11) is 1.42. The first kappa shape index (κ1) is 13.8. The van der Waals surface area contributed by atoms with Crippen LogP contribution in [0.15, 0.2) is 28.8 Å². The third kappa shape index (κ3) is 2.25. The van der Waals surface area contributed by atoms with E-state index in [0.29, 0.717) is 32.8 Å². The van der Waals surface area contributed by atoms with Gasteiger partial charge in [0.15, 0.2) is 28.2 Å². The van der Waals surface area contributed by atoms with E-state index in [-0.39, 0.29) is 5.75 Å². The minimum atomic E-state index is -0.461. The zero-order valence-corrected chi connectivity index (χ0v) is 13.0. The molecule has 1 aromatic carbocycles. The van der Waals surface area contributed by atoms with E-state index in [2.05, 4.69) is 20.5 Å². The molecular formula is C14H10FN5O2S. The van der Waals surface area contributed by atoms with Crippen molar-refractivity contribution in [2.75, 3.05) is 7.11 Å². The molecule has 7 nitrogen and oxygen atoms in total. The second-order valence-corrected chi connectivity index (χ2v) is 5.73. The largest absolute Gasteiger partial charge is 0.494 e. The van der Waals surface area contributed by atoms with Crippen molar-refractivity contribution >= 4 is 16.3 Å². The Bertz CT molecular complexity index is 1010. The Balaban J connectivity index is 1.72. The molecule has 0 atom stereocenters. The molecule has 0 aliphatic heterocycles. The molecule has 23 heavy (non-hydrogen) atoms. The van der Waals surface area contributed by atoms with Gasteiger partial charge in [0, 0.05) is 11.6 Å². The highest BCUT2D eigenvalue weighted by Crippen LogP contribution is 2.30. The molecule has 4 rings (SSSR count). The molecule has 4 aromatic rings. The van der Waals surface area contributed by atoms with Gasteiger partial charge in [-0.05, 0) is 25.1 Å². The first-order valence-electron chi connectivity index (χ1n) is 6.65. The summed E-state index contributed by atoms with van der Waals surface area (Å²) >= 11 is 1.35. The molecule has 0 unspecified atom stereocenters. The van der Waals surface area contributed by atoms with Gasteiger partial charge in [0.2, 0.25) is 4.96 Å². The van der Waals surface area contributed by atoms with E-state index in [9.17, 15) is 4.39 Å². The Labute approximate surface area is 133 Å². The van der Waals surface area contributed by atoms with E-state index < -0.39 is 5.82 Å². The van der Waals surface area contributed by atoms with E-state index >= 15 is 0 Å². The van der Waals surface area contributed by atoms with Crippen molar-refractivity contribution in [1.29, 1.82) is 0 Å². The summed E-state index contributed by atoms with van der Waals surface area (Å²) in [5.74, 6) is 0.864. The van der Waals surface area contributed by atoms with Crippen LogP contribution in [0.4, 0.5) is 4.39 Å². The lowest BCUT2D eigenvalue weighted by Crippen LogP contribution is -1.88. The van der Waals surface area contributed by atoms with Gasteiger partial charge in [-0.1, -0.05) is 16.5 Å². The molecule has 116 valence electrons. The monoisotopic (exact) mass is 331 g/mol. The van der Waals surface area contributed by atoms with E-state index in [4.69, 9.17) is 9.26 Å². The van der Waals surface area contributed by atoms with Crippen LogP contribution in [0.5, 0.6) is 5.75 Å². The van der Waals surface area contributed by atoms with Crippen molar-refractivity contribution in [1.82, 2.24) is 25.0 Å². The van der Waals surface area contributed by atoms with Crippen molar-refractivity contribution in [2.45, 2.75) is 6.92 Å². The fourth-order valence-electron chi connectivity index (χ4n) is 2.15. The van der Waals surface area contributed by atoms with Crippen molar-refractivity contribution in [3.63, 3.8) is 0 Å². The van der Waals surface area contributed by atoms with Gasteiger partial charge >= 0.3 is 0 Å². The number of nitrogens with zero attached hydrogens (tertiary/aromatic N) is 5. The van der Waals surface area contributed by atoms with Gasteiger partial charge in [0.1, 0.15) is 5.69 Å². The van der Waals surface area contributed by atoms with E-state index in [0.717, 1.165) is 0 Å². The summed E-state index contributed by atoms with van der Waals surface area (Å²) < 4.78 is 25.6. The minimum absolute atomic E-state index is 0.178. The minimum Gasteiger partial charge on any atom is -0.494 e. The van der Waals surface area contributed by atoms with Crippen LogP contribution < -0.4 is 4.74 Å². The van der Waals surface area contributed by atoms with E-state index in [1.807, 2.05) is 6.92 Å². The highest BCUT2D eigenvalue weighted by atomic mass is 32.1. The van der Waals surface area contributed by atoms with Crippen LogP contribution in [0.2, 0.25) is 0 Å². The van der Waals surface area contributed by atoms with Gasteiger partial charge in [-0.2, -0.15) is 9.61 Å². The number of aryl methyl sites for hydroxylation is 1. The van der Waals surface area contributed by atoms with Gasteiger partial charge in [-0.25, -0.2) is 4.39 Å². The Morgan fingerprint density at radius 1 is 1.26 bits per heavy atom. The lowest BCUT2D eigenvalue weighted by atomic mass is 10.1. The quantitative estimate of drug-likeness (QED) is 0.574. The summed E-state index contributed by atoms with van der Waals surface area (Å²) in [4.78, 5) is 0.678. The maximum Gasteiger partial charge on any atom is 0.235 e. The average Bonchev–Trinajstić information content (AvgIpc) is 3.24. The smallest absolute Gasteiger partial charge is 0.235 e. The van der Waals surface area contributed by atoms with Gasteiger partial charge in [0.05, 0.1) is 7.11 Å². The number of hydrogen-bond acceptors (Lipinski definition) is 7. The lowest BCUT2D eigenvalue weighted by Gasteiger charge is -2.02. The van der Waals surface area contributed by atoms with Crippen molar-refractivity contribution in [3.8, 4) is 27.8 Å². The number of rotatable bonds is 3. The summed E-state index contributed by atoms with van der Waals surface area (Å²) in [5, 5.41) is 17.0. The summed E-state index contributed by atoms with van der Waals surface area (Å²) in [6.45, 7) is 1.82. The highest BCUT2D eigenvalue weighted by molar-refractivity contribution is 7.19. The number of fused-ring (bicyclic) bond motifs is 1. The highest BCUT2D eigenvalue weighted by Gasteiger charge is 2.16. The fourth-order valence-corrected chi connectivity index (χ4v) is 2.99. The zero-order valence-electron chi connectivity index (χ0n) is 12.1. The molecule has 0 amide bonds.